The Labute approximate surface area is 114 Å². The predicted octanol–water partition coefficient (Wildman–Crippen LogP) is 1.43. The number of nitrogens with two attached hydrogens (primary N) is 1. The van der Waals surface area contributed by atoms with Gasteiger partial charge in [-0.1, -0.05) is 29.3 Å². The van der Waals surface area contributed by atoms with E-state index in [1.165, 1.54) is 17.3 Å². The largest absolute Gasteiger partial charge is 0.382 e. The van der Waals surface area contributed by atoms with Crippen molar-refractivity contribution in [2.75, 3.05) is 6.54 Å². The summed E-state index contributed by atoms with van der Waals surface area (Å²) in [6.45, 7) is 0.180. The molecule has 3 N–H and O–H groups in total. The van der Waals surface area contributed by atoms with Crippen molar-refractivity contribution in [3.8, 4) is 0 Å². The van der Waals surface area contributed by atoms with Gasteiger partial charge in [-0.2, -0.15) is 5.10 Å². The van der Waals surface area contributed by atoms with Crippen molar-refractivity contribution >= 4 is 23.2 Å². The molecular weight excluding hydrogens is 275 g/mol. The molecule has 0 fully saturated rings. The van der Waals surface area contributed by atoms with Gasteiger partial charge in [0.05, 0.1) is 6.54 Å². The van der Waals surface area contributed by atoms with Gasteiger partial charge in [0.15, 0.2) is 0 Å². The normalized spacial score (nSPS) is 14.4. The van der Waals surface area contributed by atoms with Crippen LogP contribution in [-0.2, 0) is 12.1 Å². The quantitative estimate of drug-likeness (QED) is 0.892. The number of hydrogen-bond acceptors (Lipinski definition) is 4. The SMILES string of the molecule is NCC(O)(Cn1cncn1)c1ccc(Cl)cc1Cl. The Morgan fingerprint density at radius 2 is 2.17 bits per heavy atom. The first-order valence-corrected chi connectivity index (χ1v) is 6.01. The minimum Gasteiger partial charge on any atom is -0.382 e. The van der Waals surface area contributed by atoms with E-state index in [0.29, 0.717) is 15.6 Å². The third-order valence-corrected chi connectivity index (χ3v) is 3.21. The highest BCUT2D eigenvalue weighted by Gasteiger charge is 2.31. The Hall–Kier alpha value is -1.14. The van der Waals surface area contributed by atoms with Gasteiger partial charge in [-0.05, 0) is 12.1 Å². The van der Waals surface area contributed by atoms with E-state index in [1.54, 1.807) is 18.2 Å². The first kappa shape index (κ1) is 13.3. The van der Waals surface area contributed by atoms with E-state index in [2.05, 4.69) is 10.1 Å². The zero-order valence-electron chi connectivity index (χ0n) is 9.42. The van der Waals surface area contributed by atoms with E-state index in [-0.39, 0.29) is 13.1 Å². The van der Waals surface area contributed by atoms with Crippen LogP contribution in [0.4, 0.5) is 0 Å². The van der Waals surface area contributed by atoms with Gasteiger partial charge in [0.1, 0.15) is 18.3 Å². The zero-order valence-corrected chi connectivity index (χ0v) is 10.9. The second-order valence-corrected chi connectivity index (χ2v) is 4.80. The summed E-state index contributed by atoms with van der Waals surface area (Å²) in [5.41, 5.74) is 4.87. The summed E-state index contributed by atoms with van der Waals surface area (Å²) < 4.78 is 1.50. The van der Waals surface area contributed by atoms with Gasteiger partial charge in [-0.3, -0.25) is 0 Å². The highest BCUT2D eigenvalue weighted by atomic mass is 35.5. The molecule has 96 valence electrons. The number of aliphatic hydroxyl groups is 1. The van der Waals surface area contributed by atoms with Crippen molar-refractivity contribution in [3.05, 3.63) is 46.5 Å². The van der Waals surface area contributed by atoms with Crippen molar-refractivity contribution in [2.24, 2.45) is 5.73 Å². The third-order valence-electron chi connectivity index (χ3n) is 2.66. The highest BCUT2D eigenvalue weighted by Crippen LogP contribution is 2.31. The van der Waals surface area contributed by atoms with E-state index in [4.69, 9.17) is 28.9 Å². The third kappa shape index (κ3) is 2.64. The number of aromatic nitrogens is 3. The lowest BCUT2D eigenvalue weighted by atomic mass is 9.94. The maximum absolute atomic E-state index is 10.6. The Kier molecular flexibility index (Phi) is 3.87. The van der Waals surface area contributed by atoms with E-state index in [1.807, 2.05) is 0 Å². The molecule has 0 aliphatic carbocycles. The van der Waals surface area contributed by atoms with Crippen molar-refractivity contribution < 1.29 is 5.11 Å². The Morgan fingerprint density at radius 1 is 1.39 bits per heavy atom. The summed E-state index contributed by atoms with van der Waals surface area (Å²) >= 11 is 11.9. The van der Waals surface area contributed by atoms with Gasteiger partial charge < -0.3 is 10.8 Å². The molecule has 1 unspecified atom stereocenters. The first-order chi connectivity index (χ1) is 8.55. The molecule has 2 aromatic rings. The molecule has 0 saturated carbocycles. The van der Waals surface area contributed by atoms with Gasteiger partial charge in [-0.25, -0.2) is 9.67 Å². The minimum absolute atomic E-state index is 0.00815. The monoisotopic (exact) mass is 286 g/mol. The van der Waals surface area contributed by atoms with Crippen LogP contribution in [0.25, 0.3) is 0 Å². The average Bonchev–Trinajstić information content (AvgIpc) is 2.81. The van der Waals surface area contributed by atoms with Gasteiger partial charge in [0.25, 0.3) is 0 Å². The van der Waals surface area contributed by atoms with Crippen molar-refractivity contribution in [2.45, 2.75) is 12.1 Å². The summed E-state index contributed by atoms with van der Waals surface area (Å²) in [6.07, 6.45) is 2.89. The topological polar surface area (TPSA) is 77.0 Å². The second-order valence-electron chi connectivity index (χ2n) is 3.95. The average molecular weight is 287 g/mol. The molecule has 7 heteroatoms. The fourth-order valence-electron chi connectivity index (χ4n) is 1.71. The van der Waals surface area contributed by atoms with Gasteiger partial charge in [0.2, 0.25) is 0 Å². The van der Waals surface area contributed by atoms with Crippen LogP contribution in [0.5, 0.6) is 0 Å². The smallest absolute Gasteiger partial charge is 0.137 e. The van der Waals surface area contributed by atoms with Gasteiger partial charge in [0, 0.05) is 22.2 Å². The van der Waals surface area contributed by atoms with Crippen LogP contribution in [0.3, 0.4) is 0 Å². The molecule has 1 aromatic carbocycles. The van der Waals surface area contributed by atoms with Crippen LogP contribution >= 0.6 is 23.2 Å². The molecule has 0 saturated heterocycles. The molecule has 1 aromatic heterocycles. The molecule has 18 heavy (non-hydrogen) atoms. The van der Waals surface area contributed by atoms with Crippen LogP contribution in [0, 0.1) is 0 Å². The van der Waals surface area contributed by atoms with Crippen LogP contribution in [0.2, 0.25) is 10.0 Å². The minimum atomic E-state index is -1.31. The highest BCUT2D eigenvalue weighted by molar-refractivity contribution is 6.35. The zero-order chi connectivity index (χ0) is 13.2. The van der Waals surface area contributed by atoms with Crippen LogP contribution in [0.1, 0.15) is 5.56 Å². The summed E-state index contributed by atoms with van der Waals surface area (Å²) in [4.78, 5) is 3.82. The number of rotatable bonds is 4. The lowest BCUT2D eigenvalue weighted by Crippen LogP contribution is -2.39. The Morgan fingerprint density at radius 3 is 2.72 bits per heavy atom. The van der Waals surface area contributed by atoms with Crippen molar-refractivity contribution in [1.29, 1.82) is 0 Å². The Bertz CT molecular complexity index is 532. The second kappa shape index (κ2) is 5.24. The summed E-state index contributed by atoms with van der Waals surface area (Å²) in [5, 5.41) is 15.4. The van der Waals surface area contributed by atoms with Crippen LogP contribution < -0.4 is 5.73 Å². The van der Waals surface area contributed by atoms with E-state index < -0.39 is 5.60 Å². The molecule has 2 rings (SSSR count). The maximum Gasteiger partial charge on any atom is 0.137 e. The van der Waals surface area contributed by atoms with Gasteiger partial charge >= 0.3 is 0 Å². The lowest BCUT2D eigenvalue weighted by molar-refractivity contribution is 0.0240. The summed E-state index contributed by atoms with van der Waals surface area (Å²) in [6, 6.07) is 4.89. The van der Waals surface area contributed by atoms with E-state index in [9.17, 15) is 5.11 Å². The number of hydrogen-bond donors (Lipinski definition) is 2. The van der Waals surface area contributed by atoms with Gasteiger partial charge in [-0.15, -0.1) is 0 Å². The molecule has 1 heterocycles. The number of halogens is 2. The standard InChI is InChI=1S/C11H12Cl2N4O/c12-8-1-2-9(10(13)3-8)11(18,4-14)5-17-7-15-6-16-17/h1-3,6-7,18H,4-5,14H2. The maximum atomic E-state index is 10.6. The van der Waals surface area contributed by atoms with E-state index in [0.717, 1.165) is 0 Å². The summed E-state index contributed by atoms with van der Waals surface area (Å²) in [5.74, 6) is 0. The lowest BCUT2D eigenvalue weighted by Gasteiger charge is -2.27. The van der Waals surface area contributed by atoms with Crippen LogP contribution in [0.15, 0.2) is 30.9 Å². The van der Waals surface area contributed by atoms with Crippen LogP contribution in [-0.4, -0.2) is 26.4 Å². The van der Waals surface area contributed by atoms with Crippen molar-refractivity contribution in [3.63, 3.8) is 0 Å². The first-order valence-electron chi connectivity index (χ1n) is 5.25. The molecule has 0 aliphatic rings. The molecule has 0 radical (unpaired) electrons. The molecule has 0 spiro atoms. The van der Waals surface area contributed by atoms with Crippen molar-refractivity contribution in [1.82, 2.24) is 14.8 Å². The molecule has 1 atom stereocenters. The predicted molar refractivity (Wildman–Crippen MR) is 69.4 cm³/mol. The molecule has 0 amide bonds. The fourth-order valence-corrected chi connectivity index (χ4v) is 2.29. The van der Waals surface area contributed by atoms with E-state index >= 15 is 0 Å². The molecule has 5 nitrogen and oxygen atoms in total. The molecule has 0 aliphatic heterocycles. The number of nitrogens with zero attached hydrogens (tertiary/aromatic N) is 3. The molecule has 0 bridgehead atoms. The summed E-state index contributed by atoms with van der Waals surface area (Å²) in [7, 11) is 0. The number of benzene rings is 1. The molecular formula is C11H12Cl2N4O. The Balaban J connectivity index is 2.36. The fraction of sp³-hybridized carbons (Fsp3) is 0.273.